The molecule has 5 aliphatic carbocycles. The van der Waals surface area contributed by atoms with Crippen molar-refractivity contribution < 1.29 is 14.3 Å². The Morgan fingerprint density at radius 3 is 2.37 bits per heavy atom. The van der Waals surface area contributed by atoms with Crippen LogP contribution in [0.1, 0.15) is 112 Å². The van der Waals surface area contributed by atoms with Crippen molar-refractivity contribution in [2.75, 3.05) is 6.61 Å². The van der Waals surface area contributed by atoms with Gasteiger partial charge in [-0.15, -0.1) is 0 Å². The molecule has 1 aliphatic heterocycles. The summed E-state index contributed by atoms with van der Waals surface area (Å²) in [5.74, 6) is 3.63. The second-order valence-corrected chi connectivity index (χ2v) is 16.9. The van der Waals surface area contributed by atoms with Crippen molar-refractivity contribution in [1.29, 1.82) is 0 Å². The highest BCUT2D eigenvalue weighted by Gasteiger charge is 2.73. The predicted molar refractivity (Wildman–Crippen MR) is 152 cm³/mol. The van der Waals surface area contributed by atoms with Crippen LogP contribution in [-0.2, 0) is 4.74 Å². The highest BCUT2D eigenvalue weighted by molar-refractivity contribution is 5.50. The fourth-order valence-electron chi connectivity index (χ4n) is 12.7. The van der Waals surface area contributed by atoms with Crippen LogP contribution in [0, 0.1) is 56.2 Å². The molecular weight excluding hydrogens is 468 g/mol. The Morgan fingerprint density at radius 1 is 0.868 bits per heavy atom. The molecule has 7 rings (SSSR count). The molecule has 1 aromatic rings. The van der Waals surface area contributed by atoms with E-state index >= 15 is 0 Å². The van der Waals surface area contributed by atoms with Gasteiger partial charge in [-0.3, -0.25) is 0 Å². The maximum Gasteiger partial charge on any atom is 0.126 e. The van der Waals surface area contributed by atoms with Crippen LogP contribution in [-0.4, -0.2) is 23.9 Å². The molecule has 10 unspecified atom stereocenters. The van der Waals surface area contributed by atoms with Crippen LogP contribution in [0.25, 0.3) is 6.08 Å². The van der Waals surface area contributed by atoms with Gasteiger partial charge in [0.1, 0.15) is 5.76 Å². The average molecular weight is 521 g/mol. The summed E-state index contributed by atoms with van der Waals surface area (Å²) >= 11 is 0. The Bertz CT molecular complexity index is 1130. The first kappa shape index (κ1) is 25.9. The van der Waals surface area contributed by atoms with E-state index in [0.29, 0.717) is 39.6 Å². The minimum absolute atomic E-state index is 0.137. The first-order chi connectivity index (χ1) is 17.8. The number of furan rings is 1. The van der Waals surface area contributed by atoms with Crippen molar-refractivity contribution in [1.82, 2.24) is 0 Å². The fourth-order valence-corrected chi connectivity index (χ4v) is 12.7. The second kappa shape index (κ2) is 7.81. The molecule has 38 heavy (non-hydrogen) atoms. The molecule has 1 saturated heterocycles. The zero-order chi connectivity index (χ0) is 26.9. The minimum Gasteiger partial charge on any atom is -0.465 e. The van der Waals surface area contributed by atoms with Crippen molar-refractivity contribution in [3.05, 3.63) is 29.7 Å². The molecule has 1 N–H and O–H groups in total. The van der Waals surface area contributed by atoms with Gasteiger partial charge < -0.3 is 14.3 Å². The largest absolute Gasteiger partial charge is 0.465 e. The third kappa shape index (κ3) is 3.05. The summed E-state index contributed by atoms with van der Waals surface area (Å²) < 4.78 is 12.5. The van der Waals surface area contributed by atoms with Crippen LogP contribution < -0.4 is 0 Å². The van der Waals surface area contributed by atoms with Crippen molar-refractivity contribution in [3.63, 3.8) is 0 Å². The molecule has 0 amide bonds. The summed E-state index contributed by atoms with van der Waals surface area (Å²) in [5.41, 5.74) is 2.69. The molecule has 0 aromatic carbocycles. The van der Waals surface area contributed by atoms with E-state index in [1.807, 2.05) is 12.1 Å². The number of rotatable bonds is 1. The molecule has 6 fully saturated rings. The lowest BCUT2D eigenvalue weighted by Crippen LogP contribution is -2.68. The topological polar surface area (TPSA) is 42.6 Å². The van der Waals surface area contributed by atoms with Gasteiger partial charge in [-0.1, -0.05) is 48.5 Å². The molecule has 210 valence electrons. The van der Waals surface area contributed by atoms with E-state index in [1.165, 1.54) is 56.9 Å². The Balaban J connectivity index is 1.28. The van der Waals surface area contributed by atoms with Gasteiger partial charge in [-0.25, -0.2) is 0 Å². The standard InChI is InChI=1S/C35H52O3/c1-30(2)14-16-35-17-15-33(6)24(27(35)29(30)38-21-35)10-11-26-32(5)20-22(19-23-9-8-18-37-23)28(36)31(3,4)25(32)12-13-34(26,33)7/h8-9,18-19,24-29,36H,10-17,20-21H2,1-7H3. The lowest BCUT2D eigenvalue weighted by atomic mass is 9.31. The van der Waals surface area contributed by atoms with Gasteiger partial charge in [0, 0.05) is 0 Å². The van der Waals surface area contributed by atoms with E-state index < -0.39 is 6.10 Å². The van der Waals surface area contributed by atoms with Gasteiger partial charge in [0.15, 0.2) is 0 Å². The maximum atomic E-state index is 11.7. The lowest BCUT2D eigenvalue weighted by molar-refractivity contribution is -0.245. The van der Waals surface area contributed by atoms with Crippen LogP contribution in [0.2, 0.25) is 0 Å². The molecule has 2 bridgehead atoms. The van der Waals surface area contributed by atoms with Gasteiger partial charge >= 0.3 is 0 Å². The molecular formula is C35H52O3. The van der Waals surface area contributed by atoms with E-state index in [9.17, 15) is 5.11 Å². The van der Waals surface area contributed by atoms with Gasteiger partial charge in [-0.2, -0.15) is 0 Å². The number of ether oxygens (including phenoxy) is 1. The third-order valence-corrected chi connectivity index (χ3v) is 14.8. The van der Waals surface area contributed by atoms with Gasteiger partial charge in [0.2, 0.25) is 0 Å². The monoisotopic (exact) mass is 520 g/mol. The normalized spacial score (nSPS) is 53.5. The lowest BCUT2D eigenvalue weighted by Gasteiger charge is -2.73. The molecule has 0 radical (unpaired) electrons. The molecule has 6 aliphatic rings. The fraction of sp³-hybridized carbons (Fsp3) is 0.829. The van der Waals surface area contributed by atoms with Crippen LogP contribution in [0.5, 0.6) is 0 Å². The van der Waals surface area contributed by atoms with Crippen molar-refractivity contribution >= 4 is 6.08 Å². The number of aliphatic hydroxyl groups excluding tert-OH is 1. The highest BCUT2D eigenvalue weighted by Crippen LogP contribution is 2.78. The van der Waals surface area contributed by atoms with Gasteiger partial charge in [0.25, 0.3) is 0 Å². The highest BCUT2D eigenvalue weighted by atomic mass is 16.5. The molecule has 0 spiro atoms. The van der Waals surface area contributed by atoms with Crippen molar-refractivity contribution in [3.8, 4) is 0 Å². The van der Waals surface area contributed by atoms with Crippen LogP contribution >= 0.6 is 0 Å². The maximum absolute atomic E-state index is 11.7. The first-order valence-corrected chi connectivity index (χ1v) is 15.8. The first-order valence-electron chi connectivity index (χ1n) is 15.8. The predicted octanol–water partition coefficient (Wildman–Crippen LogP) is 8.52. The second-order valence-electron chi connectivity index (χ2n) is 16.9. The summed E-state index contributed by atoms with van der Waals surface area (Å²) in [6.07, 6.45) is 15.6. The Morgan fingerprint density at radius 2 is 1.63 bits per heavy atom. The molecule has 3 nitrogen and oxygen atoms in total. The van der Waals surface area contributed by atoms with E-state index in [2.05, 4.69) is 54.5 Å². The van der Waals surface area contributed by atoms with E-state index in [0.717, 1.165) is 30.6 Å². The van der Waals surface area contributed by atoms with Crippen LogP contribution in [0.4, 0.5) is 0 Å². The molecule has 3 heteroatoms. The van der Waals surface area contributed by atoms with Crippen LogP contribution in [0.15, 0.2) is 28.4 Å². The number of aliphatic hydroxyl groups is 1. The van der Waals surface area contributed by atoms with Crippen molar-refractivity contribution in [2.24, 2.45) is 56.2 Å². The van der Waals surface area contributed by atoms with Crippen LogP contribution in [0.3, 0.4) is 0 Å². The minimum atomic E-state index is -0.409. The molecule has 1 aromatic heterocycles. The summed E-state index contributed by atoms with van der Waals surface area (Å²) in [6, 6.07) is 3.98. The zero-order valence-corrected chi connectivity index (χ0v) is 25.1. The molecule has 5 saturated carbocycles. The van der Waals surface area contributed by atoms with E-state index in [1.54, 1.807) is 6.26 Å². The quantitative estimate of drug-likeness (QED) is 0.403. The molecule has 2 heterocycles. The van der Waals surface area contributed by atoms with Gasteiger partial charge in [-0.05, 0) is 138 Å². The molecule has 10 atom stereocenters. The summed E-state index contributed by atoms with van der Waals surface area (Å²) in [4.78, 5) is 0. The number of hydrogen-bond acceptors (Lipinski definition) is 3. The smallest absolute Gasteiger partial charge is 0.126 e. The Labute approximate surface area is 231 Å². The Hall–Kier alpha value is -1.06. The zero-order valence-electron chi connectivity index (χ0n) is 25.1. The SMILES string of the molecule is CC1(C)CCC23CCC4(C)C(CCC5C6(C)CC(=Cc7ccco7)C(O)C(C)(C)C6CCC54C)C2C1OC3. The van der Waals surface area contributed by atoms with Crippen molar-refractivity contribution in [2.45, 2.75) is 118 Å². The van der Waals surface area contributed by atoms with E-state index in [-0.39, 0.29) is 10.8 Å². The summed E-state index contributed by atoms with van der Waals surface area (Å²) in [7, 11) is 0. The Kier molecular flexibility index (Phi) is 5.32. The number of hydrogen-bond donors (Lipinski definition) is 1. The van der Waals surface area contributed by atoms with E-state index in [4.69, 9.17) is 9.15 Å². The van der Waals surface area contributed by atoms with Gasteiger partial charge in [0.05, 0.1) is 25.1 Å². The average Bonchev–Trinajstić information content (AvgIpc) is 3.47. The number of fused-ring (bicyclic) bond motifs is 5. The summed E-state index contributed by atoms with van der Waals surface area (Å²) in [6.45, 7) is 18.7. The third-order valence-electron chi connectivity index (χ3n) is 14.8. The summed E-state index contributed by atoms with van der Waals surface area (Å²) in [5, 5.41) is 11.7.